The van der Waals surface area contributed by atoms with Crippen molar-refractivity contribution in [3.05, 3.63) is 11.6 Å². The molecule has 0 aromatic rings. The van der Waals surface area contributed by atoms with Gasteiger partial charge in [-0.15, -0.1) is 11.8 Å². The van der Waals surface area contributed by atoms with Gasteiger partial charge in [0.15, 0.2) is 0 Å². The third-order valence-electron chi connectivity index (χ3n) is 1.45. The largest absolute Gasteiger partial charge is 0.303 e. The molecule has 0 spiro atoms. The molecule has 48 valence electrons. The van der Waals surface area contributed by atoms with Crippen molar-refractivity contribution in [2.75, 3.05) is 0 Å². The van der Waals surface area contributed by atoms with E-state index in [9.17, 15) is 4.79 Å². The van der Waals surface area contributed by atoms with Crippen molar-refractivity contribution in [1.29, 1.82) is 0 Å². The first-order valence-corrected chi connectivity index (χ1v) is 4.45. The molecule has 2 aliphatic heterocycles. The number of carbonyl (C=O) groups excluding carboxylic acids is 1. The molecule has 2 heterocycles. The van der Waals surface area contributed by atoms with Gasteiger partial charge in [-0.25, -0.2) is 0 Å². The van der Waals surface area contributed by atoms with Crippen molar-refractivity contribution < 1.29 is 4.79 Å². The summed E-state index contributed by atoms with van der Waals surface area (Å²) in [4.78, 5) is 12.7. The Morgan fingerprint density at radius 3 is 3.22 bits per heavy atom. The molecule has 0 aliphatic carbocycles. The van der Waals surface area contributed by atoms with Crippen molar-refractivity contribution in [1.82, 2.24) is 4.90 Å². The topological polar surface area (TPSA) is 20.3 Å². The molecule has 9 heavy (non-hydrogen) atoms. The molecule has 4 heteroatoms. The van der Waals surface area contributed by atoms with Crippen LogP contribution < -0.4 is 0 Å². The van der Waals surface area contributed by atoms with Crippen molar-refractivity contribution in [3.63, 3.8) is 0 Å². The fraction of sp³-hybridized carbons (Fsp3) is 0.400. The zero-order valence-corrected chi connectivity index (χ0v) is 6.85. The SMILES string of the molecule is O=C1C(Br)[C@H]2SC=CN12. The smallest absolute Gasteiger partial charge is 0.244 e. The normalized spacial score (nSPS) is 38.8. The lowest BCUT2D eigenvalue weighted by molar-refractivity contribution is -0.135. The van der Waals surface area contributed by atoms with Crippen LogP contribution in [0.3, 0.4) is 0 Å². The lowest BCUT2D eigenvalue weighted by atomic mass is 10.2. The summed E-state index contributed by atoms with van der Waals surface area (Å²) in [6.07, 6.45) is 1.83. The summed E-state index contributed by atoms with van der Waals surface area (Å²) >= 11 is 4.96. The second-order valence-corrected chi connectivity index (χ2v) is 3.97. The maximum atomic E-state index is 10.9. The van der Waals surface area contributed by atoms with Gasteiger partial charge in [0.05, 0.1) is 0 Å². The summed E-state index contributed by atoms with van der Waals surface area (Å²) in [6.45, 7) is 0. The number of β-lactam (4-membered cyclic amide) rings is 1. The molecule has 2 rings (SSSR count). The molecule has 0 saturated carbocycles. The van der Waals surface area contributed by atoms with E-state index in [2.05, 4.69) is 15.9 Å². The first kappa shape index (κ1) is 5.80. The van der Waals surface area contributed by atoms with E-state index < -0.39 is 0 Å². The quantitative estimate of drug-likeness (QED) is 0.437. The van der Waals surface area contributed by atoms with Gasteiger partial charge >= 0.3 is 0 Å². The Balaban J connectivity index is 2.21. The minimum atomic E-state index is 0.0532. The number of alkyl halides is 1. The molecule has 2 nitrogen and oxygen atoms in total. The summed E-state index contributed by atoms with van der Waals surface area (Å²) in [5.41, 5.74) is 0. The molecule has 1 saturated heterocycles. The van der Waals surface area contributed by atoms with Crippen LogP contribution in [-0.4, -0.2) is 21.0 Å². The highest BCUT2D eigenvalue weighted by molar-refractivity contribution is 9.10. The van der Waals surface area contributed by atoms with Crippen molar-refractivity contribution >= 4 is 33.6 Å². The summed E-state index contributed by atoms with van der Waals surface area (Å²) in [5, 5.41) is 2.29. The molecule has 2 aliphatic rings. The molecule has 0 aromatic heterocycles. The highest BCUT2D eigenvalue weighted by Gasteiger charge is 2.46. The van der Waals surface area contributed by atoms with Crippen LogP contribution >= 0.6 is 27.7 Å². The maximum absolute atomic E-state index is 10.9. The van der Waals surface area contributed by atoms with Gasteiger partial charge in [-0.2, -0.15) is 0 Å². The number of rotatable bonds is 0. The van der Waals surface area contributed by atoms with Gasteiger partial charge in [-0.05, 0) is 5.41 Å². The van der Waals surface area contributed by atoms with Crippen LogP contribution in [0.2, 0.25) is 0 Å². The van der Waals surface area contributed by atoms with E-state index in [0.29, 0.717) is 5.37 Å². The summed E-state index contributed by atoms with van der Waals surface area (Å²) in [5.74, 6) is 0.182. The van der Waals surface area contributed by atoms with E-state index in [1.54, 1.807) is 16.7 Å². The fourth-order valence-corrected chi connectivity index (χ4v) is 2.71. The Labute approximate surface area is 65.4 Å². The highest BCUT2D eigenvalue weighted by atomic mass is 79.9. The van der Waals surface area contributed by atoms with Gasteiger partial charge in [-0.1, -0.05) is 15.9 Å². The Kier molecular flexibility index (Phi) is 1.13. The first-order chi connectivity index (χ1) is 4.30. The zero-order chi connectivity index (χ0) is 6.43. The number of nitrogens with zero attached hydrogens (tertiary/aromatic N) is 1. The van der Waals surface area contributed by atoms with Crippen molar-refractivity contribution in [2.24, 2.45) is 0 Å². The number of thioether (sulfide) groups is 1. The van der Waals surface area contributed by atoms with Gasteiger partial charge in [0, 0.05) is 6.20 Å². The molecule has 1 amide bonds. The number of fused-ring (bicyclic) bond motifs is 1. The second kappa shape index (κ2) is 1.76. The van der Waals surface area contributed by atoms with Crippen LogP contribution in [0, 0.1) is 0 Å². The van der Waals surface area contributed by atoms with E-state index >= 15 is 0 Å². The minimum Gasteiger partial charge on any atom is -0.303 e. The third kappa shape index (κ3) is 0.604. The Morgan fingerprint density at radius 2 is 2.56 bits per heavy atom. The molecule has 2 atom stereocenters. The lowest BCUT2D eigenvalue weighted by Crippen LogP contribution is -2.55. The molecule has 0 aromatic carbocycles. The van der Waals surface area contributed by atoms with Crippen LogP contribution in [0.5, 0.6) is 0 Å². The average Bonchev–Trinajstić information content (AvgIpc) is 2.30. The summed E-state index contributed by atoms with van der Waals surface area (Å²) in [6, 6.07) is 0. The predicted octanol–water partition coefficient (Wildman–Crippen LogP) is 1.14. The standard InChI is InChI=1S/C5H4BrNOS/c6-3-4(8)7-1-2-9-5(3)7/h1-3,5H/t3?,5-/m1/s1. The highest BCUT2D eigenvalue weighted by Crippen LogP contribution is 2.40. The minimum absolute atomic E-state index is 0.0532. The Bertz CT molecular complexity index is 193. The van der Waals surface area contributed by atoms with E-state index in [1.165, 1.54) is 0 Å². The van der Waals surface area contributed by atoms with E-state index in [4.69, 9.17) is 0 Å². The van der Waals surface area contributed by atoms with Gasteiger partial charge in [-0.3, -0.25) is 4.79 Å². The molecule has 0 radical (unpaired) electrons. The summed E-state index contributed by atoms with van der Waals surface area (Å²) in [7, 11) is 0. The molecular weight excluding hydrogens is 202 g/mol. The zero-order valence-electron chi connectivity index (χ0n) is 4.45. The molecule has 0 N–H and O–H groups in total. The Hall–Kier alpha value is 0.0400. The molecule has 1 fully saturated rings. The number of halogens is 1. The molecule has 0 bridgehead atoms. The number of amides is 1. The van der Waals surface area contributed by atoms with Crippen molar-refractivity contribution in [3.8, 4) is 0 Å². The first-order valence-electron chi connectivity index (χ1n) is 2.59. The average molecular weight is 206 g/mol. The van der Waals surface area contributed by atoms with Crippen LogP contribution in [0.25, 0.3) is 0 Å². The second-order valence-electron chi connectivity index (χ2n) is 1.96. The molecular formula is C5H4BrNOS. The van der Waals surface area contributed by atoms with Gasteiger partial charge in [0.25, 0.3) is 0 Å². The monoisotopic (exact) mass is 205 g/mol. The number of hydrogen-bond acceptors (Lipinski definition) is 2. The van der Waals surface area contributed by atoms with E-state index in [0.717, 1.165) is 0 Å². The van der Waals surface area contributed by atoms with E-state index in [-0.39, 0.29) is 10.7 Å². The summed E-state index contributed by atoms with van der Waals surface area (Å²) < 4.78 is 0. The lowest BCUT2D eigenvalue weighted by Gasteiger charge is -2.37. The Morgan fingerprint density at radius 1 is 1.78 bits per heavy atom. The fourth-order valence-electron chi connectivity index (χ4n) is 0.923. The van der Waals surface area contributed by atoms with Crippen LogP contribution in [0.4, 0.5) is 0 Å². The van der Waals surface area contributed by atoms with Crippen LogP contribution in [0.1, 0.15) is 0 Å². The van der Waals surface area contributed by atoms with Crippen molar-refractivity contribution in [2.45, 2.75) is 10.2 Å². The van der Waals surface area contributed by atoms with Gasteiger partial charge in [0.2, 0.25) is 5.91 Å². The maximum Gasteiger partial charge on any atom is 0.244 e. The predicted molar refractivity (Wildman–Crippen MR) is 40.1 cm³/mol. The number of carbonyl (C=O) groups is 1. The van der Waals surface area contributed by atoms with Crippen LogP contribution in [-0.2, 0) is 4.79 Å². The third-order valence-corrected chi connectivity index (χ3v) is 3.75. The van der Waals surface area contributed by atoms with E-state index in [1.807, 2.05) is 11.6 Å². The number of hydrogen-bond donors (Lipinski definition) is 0. The van der Waals surface area contributed by atoms with Gasteiger partial charge in [0.1, 0.15) is 10.2 Å². The van der Waals surface area contributed by atoms with Crippen LogP contribution in [0.15, 0.2) is 11.6 Å². The molecule has 1 unspecified atom stereocenters. The van der Waals surface area contributed by atoms with Gasteiger partial charge < -0.3 is 4.90 Å².